The van der Waals surface area contributed by atoms with Crippen molar-refractivity contribution < 1.29 is 23.1 Å². The molecule has 1 aliphatic heterocycles. The number of primary amides is 1. The molecule has 0 spiro atoms. The number of ether oxygens (including phenoxy) is 1. The molecule has 1 aromatic heterocycles. The van der Waals surface area contributed by atoms with Gasteiger partial charge in [0.1, 0.15) is 29.1 Å². The first kappa shape index (κ1) is 22.7. The Bertz CT molecular complexity index is 1040. The number of aliphatic imine (C=N–C) groups is 1. The molecule has 0 radical (unpaired) electrons. The molecule has 0 saturated heterocycles. The van der Waals surface area contributed by atoms with Crippen LogP contribution in [-0.4, -0.2) is 34.4 Å². The van der Waals surface area contributed by atoms with E-state index >= 15 is 0 Å². The predicted octanol–water partition coefficient (Wildman–Crippen LogP) is 4.00. The van der Waals surface area contributed by atoms with E-state index < -0.39 is 17.7 Å². The maximum atomic E-state index is 13.8. The highest BCUT2D eigenvalue weighted by molar-refractivity contribution is 7.99. The molecular weight excluding hydrogens is 426 g/mol. The van der Waals surface area contributed by atoms with Crippen LogP contribution < -0.4 is 5.73 Å². The van der Waals surface area contributed by atoms with Crippen molar-refractivity contribution in [2.24, 2.45) is 10.7 Å². The molecule has 2 aromatic rings. The number of benzene rings is 1. The summed E-state index contributed by atoms with van der Waals surface area (Å²) in [6.07, 6.45) is 2.90. The monoisotopic (exact) mass is 448 g/mol. The first-order valence-corrected chi connectivity index (χ1v) is 10.5. The summed E-state index contributed by atoms with van der Waals surface area (Å²) < 4.78 is 34.3. The van der Waals surface area contributed by atoms with Crippen molar-refractivity contribution >= 4 is 30.0 Å². The molecule has 2 heterocycles. The fourth-order valence-electron chi connectivity index (χ4n) is 3.05. The summed E-state index contributed by atoms with van der Waals surface area (Å²) in [5, 5.41) is 0.709. The molecule has 31 heavy (non-hydrogen) atoms. The minimum Gasteiger partial charge on any atom is -0.449 e. The predicted molar refractivity (Wildman–Crippen MR) is 112 cm³/mol. The number of carbonyl (C=O) groups excluding carboxylic acids is 2. The van der Waals surface area contributed by atoms with Crippen molar-refractivity contribution in [2.75, 3.05) is 6.61 Å². The Morgan fingerprint density at radius 1 is 1.29 bits per heavy atom. The van der Waals surface area contributed by atoms with Gasteiger partial charge in [0.05, 0.1) is 12.2 Å². The normalized spacial score (nSPS) is 13.6. The smallest absolute Gasteiger partial charge is 0.404 e. The number of aromatic nitrogens is 2. The molecule has 7 nitrogen and oxygen atoms in total. The Morgan fingerprint density at radius 2 is 2.00 bits per heavy atom. The highest BCUT2D eigenvalue weighted by Gasteiger charge is 2.22. The van der Waals surface area contributed by atoms with Gasteiger partial charge in [0.25, 0.3) is 0 Å². The van der Waals surface area contributed by atoms with Crippen molar-refractivity contribution in [3.05, 3.63) is 53.0 Å². The molecule has 1 aliphatic rings. The van der Waals surface area contributed by atoms with Crippen LogP contribution in [0.15, 0.2) is 44.8 Å². The second-order valence-corrected chi connectivity index (χ2v) is 8.28. The molecule has 0 aliphatic carbocycles. The Morgan fingerprint density at radius 3 is 2.58 bits per heavy atom. The van der Waals surface area contributed by atoms with Crippen LogP contribution in [0.25, 0.3) is 0 Å². The van der Waals surface area contributed by atoms with E-state index in [1.165, 1.54) is 30.1 Å². The van der Waals surface area contributed by atoms with E-state index in [-0.39, 0.29) is 24.9 Å². The van der Waals surface area contributed by atoms with Gasteiger partial charge in [-0.3, -0.25) is 4.79 Å². The van der Waals surface area contributed by atoms with Crippen LogP contribution in [0, 0.1) is 11.6 Å². The zero-order valence-corrected chi connectivity index (χ0v) is 17.9. The fourth-order valence-corrected chi connectivity index (χ4v) is 4.28. The second kappa shape index (κ2) is 9.86. The number of hydrogen-bond donors (Lipinski definition) is 1. The van der Waals surface area contributed by atoms with E-state index in [1.54, 1.807) is 6.08 Å². The molecule has 1 aromatic carbocycles. The lowest BCUT2D eigenvalue weighted by molar-refractivity contribution is -0.117. The Balaban J connectivity index is 2.02. The SMILES string of the molecule is CC(C)c1nc(CCOC(N)=O)n(CC2=CCC(=O)N=C2)c1Sc1cc(F)cc(F)c1. The number of nitrogens with two attached hydrogens (primary N) is 1. The third-order valence-corrected chi connectivity index (χ3v) is 5.54. The van der Waals surface area contributed by atoms with Crippen LogP contribution in [-0.2, 0) is 22.5 Å². The Labute approximate surface area is 182 Å². The fraction of sp³-hybridized carbons (Fsp3) is 0.333. The van der Waals surface area contributed by atoms with E-state index in [4.69, 9.17) is 15.5 Å². The van der Waals surface area contributed by atoms with E-state index in [0.717, 1.165) is 17.3 Å². The summed E-state index contributed by atoms with van der Waals surface area (Å²) in [5.41, 5.74) is 6.60. The van der Waals surface area contributed by atoms with E-state index in [2.05, 4.69) is 4.99 Å². The van der Waals surface area contributed by atoms with Crippen LogP contribution in [0.2, 0.25) is 0 Å². The van der Waals surface area contributed by atoms with Crippen molar-refractivity contribution in [1.82, 2.24) is 9.55 Å². The Kier molecular flexibility index (Phi) is 7.21. The molecule has 164 valence electrons. The third-order valence-electron chi connectivity index (χ3n) is 4.45. The van der Waals surface area contributed by atoms with Gasteiger partial charge in [0.15, 0.2) is 0 Å². The minimum atomic E-state index is -0.882. The van der Waals surface area contributed by atoms with Crippen LogP contribution in [0.1, 0.15) is 37.7 Å². The van der Waals surface area contributed by atoms with E-state index in [1.807, 2.05) is 18.4 Å². The van der Waals surface area contributed by atoms with E-state index in [0.29, 0.717) is 28.7 Å². The lowest BCUT2D eigenvalue weighted by atomic mass is 10.1. The highest BCUT2D eigenvalue weighted by Crippen LogP contribution is 2.36. The summed E-state index contributed by atoms with van der Waals surface area (Å²) >= 11 is 1.20. The number of amides is 2. The number of imidazole rings is 1. The summed E-state index contributed by atoms with van der Waals surface area (Å²) in [4.78, 5) is 31.3. The number of halogens is 2. The molecule has 0 bridgehead atoms. The maximum absolute atomic E-state index is 13.8. The van der Waals surface area contributed by atoms with Crippen LogP contribution in [0.3, 0.4) is 0 Å². The number of allylic oxidation sites excluding steroid dienone is 1. The summed E-state index contributed by atoms with van der Waals surface area (Å²) in [6, 6.07) is 3.33. The van der Waals surface area contributed by atoms with Crippen LogP contribution in [0.5, 0.6) is 0 Å². The molecule has 10 heteroatoms. The van der Waals surface area contributed by atoms with Gasteiger partial charge in [0, 0.05) is 30.0 Å². The second-order valence-electron chi connectivity index (χ2n) is 7.22. The van der Waals surface area contributed by atoms with Crippen molar-refractivity contribution in [3.63, 3.8) is 0 Å². The molecule has 0 fully saturated rings. The zero-order chi connectivity index (χ0) is 22.5. The van der Waals surface area contributed by atoms with Gasteiger partial charge in [-0.2, -0.15) is 0 Å². The molecule has 0 saturated carbocycles. The first-order chi connectivity index (χ1) is 14.7. The molecule has 2 amide bonds. The van der Waals surface area contributed by atoms with Gasteiger partial charge >= 0.3 is 6.09 Å². The van der Waals surface area contributed by atoms with Gasteiger partial charge < -0.3 is 15.0 Å². The minimum absolute atomic E-state index is 0.0218. The van der Waals surface area contributed by atoms with Crippen molar-refractivity contribution in [3.8, 4) is 0 Å². The van der Waals surface area contributed by atoms with Gasteiger partial charge in [-0.05, 0) is 23.6 Å². The van der Waals surface area contributed by atoms with Crippen molar-refractivity contribution in [1.29, 1.82) is 0 Å². The van der Waals surface area contributed by atoms with Gasteiger partial charge in [-0.15, -0.1) is 0 Å². The molecular formula is C21H22F2N4O3S. The zero-order valence-electron chi connectivity index (χ0n) is 17.1. The summed E-state index contributed by atoms with van der Waals surface area (Å²) in [5.74, 6) is -0.924. The quantitative estimate of drug-likeness (QED) is 0.658. The summed E-state index contributed by atoms with van der Waals surface area (Å²) in [6.45, 7) is 4.32. The molecule has 0 unspecified atom stereocenters. The van der Waals surface area contributed by atoms with Gasteiger partial charge in [0.2, 0.25) is 5.91 Å². The molecule has 0 atom stereocenters. The molecule has 2 N–H and O–H groups in total. The number of hydrogen-bond acceptors (Lipinski definition) is 5. The van der Waals surface area contributed by atoms with Gasteiger partial charge in [-0.25, -0.2) is 23.6 Å². The third kappa shape index (κ3) is 6.00. The average Bonchev–Trinajstić information content (AvgIpc) is 3.00. The number of nitrogens with zero attached hydrogens (tertiary/aromatic N) is 3. The maximum Gasteiger partial charge on any atom is 0.404 e. The first-order valence-electron chi connectivity index (χ1n) is 9.64. The van der Waals surface area contributed by atoms with Crippen LogP contribution >= 0.6 is 11.8 Å². The van der Waals surface area contributed by atoms with E-state index in [9.17, 15) is 18.4 Å². The highest BCUT2D eigenvalue weighted by atomic mass is 32.2. The number of carbonyl (C=O) groups is 2. The van der Waals surface area contributed by atoms with Crippen molar-refractivity contribution in [2.45, 2.75) is 49.1 Å². The standard InChI is InChI=1S/C21H22F2N4O3S/c1-12(2)19-20(31-16-8-14(22)7-15(23)9-16)27(11-13-3-4-18(28)25-10-13)17(26-19)5-6-30-21(24)29/h3,7-10,12H,4-6,11H2,1-2H3,(H2,24,29). The average molecular weight is 448 g/mol. The lowest BCUT2D eigenvalue weighted by Crippen LogP contribution is -2.17. The number of rotatable bonds is 8. The lowest BCUT2D eigenvalue weighted by Gasteiger charge is -2.15. The summed E-state index contributed by atoms with van der Waals surface area (Å²) in [7, 11) is 0. The molecule has 3 rings (SSSR count). The Hall–Kier alpha value is -3.01. The van der Waals surface area contributed by atoms with Crippen LogP contribution in [0.4, 0.5) is 13.6 Å². The largest absolute Gasteiger partial charge is 0.449 e. The van der Waals surface area contributed by atoms with Gasteiger partial charge in [-0.1, -0.05) is 31.7 Å². The topological polar surface area (TPSA) is 99.6 Å². The number of dihydropyridines is 1.